The number of nitrogens with one attached hydrogen (secondary N) is 1. The number of fused-ring (bicyclic) bond motifs is 2. The molecule has 152 valence electrons. The highest BCUT2D eigenvalue weighted by atomic mass is 16.2. The Labute approximate surface area is 169 Å². The predicted molar refractivity (Wildman–Crippen MR) is 114 cm³/mol. The van der Waals surface area contributed by atoms with E-state index in [-0.39, 0.29) is 17.9 Å². The van der Waals surface area contributed by atoms with Crippen LogP contribution in [0.25, 0.3) is 0 Å². The molecule has 4 nitrogen and oxygen atoms in total. The largest absolute Gasteiger partial charge is 0.348 e. The summed E-state index contributed by atoms with van der Waals surface area (Å²) >= 11 is 0. The van der Waals surface area contributed by atoms with Crippen LogP contribution in [0.5, 0.6) is 0 Å². The van der Waals surface area contributed by atoms with Crippen LogP contribution >= 0.6 is 0 Å². The van der Waals surface area contributed by atoms with Gasteiger partial charge in [0.05, 0.1) is 6.04 Å². The molecule has 2 saturated carbocycles. The van der Waals surface area contributed by atoms with Gasteiger partial charge in [-0.15, -0.1) is 0 Å². The third kappa shape index (κ3) is 3.25. The standard InChI is InChI=1S/C24H35N3O/c1-5-6-14-27-22(17-10-8-7-9-11-17)16(2)21(26-27)23(28)25-20-15-18-12-13-19(20)24(18,3)4/h7-11,16,18-20,22H,5-6,12-15H2,1-4H3,(H,25,28)/t16?,18-,19+,20+,22?/m1/s1. The summed E-state index contributed by atoms with van der Waals surface area (Å²) in [5.41, 5.74) is 2.32. The first-order valence-electron chi connectivity index (χ1n) is 11.1. The first-order chi connectivity index (χ1) is 13.4. The maximum Gasteiger partial charge on any atom is 0.268 e. The van der Waals surface area contributed by atoms with Crippen LogP contribution in [0.4, 0.5) is 0 Å². The fourth-order valence-corrected chi connectivity index (χ4v) is 6.01. The summed E-state index contributed by atoms with van der Waals surface area (Å²) in [6, 6.07) is 11.0. The van der Waals surface area contributed by atoms with E-state index >= 15 is 0 Å². The van der Waals surface area contributed by atoms with Crippen molar-refractivity contribution in [2.45, 2.75) is 71.9 Å². The SMILES string of the molecule is CCCCN1N=C(C(=O)N[C@H]2C[C@H]3CC[C@@H]2C3(C)C)C(C)C1c1ccccc1. The van der Waals surface area contributed by atoms with Gasteiger partial charge >= 0.3 is 0 Å². The molecular formula is C24H35N3O. The molecule has 0 radical (unpaired) electrons. The van der Waals surface area contributed by atoms with Crippen LogP contribution in [0.2, 0.25) is 0 Å². The molecule has 1 aromatic carbocycles. The predicted octanol–water partition coefficient (Wildman–Crippen LogP) is 4.78. The Bertz CT molecular complexity index is 741. The Morgan fingerprint density at radius 3 is 2.61 bits per heavy atom. The quantitative estimate of drug-likeness (QED) is 0.771. The normalized spacial score (nSPS) is 33.2. The summed E-state index contributed by atoms with van der Waals surface area (Å²) in [4.78, 5) is 13.2. The first kappa shape index (κ1) is 19.5. The summed E-state index contributed by atoms with van der Waals surface area (Å²) < 4.78 is 0. The van der Waals surface area contributed by atoms with Crippen molar-refractivity contribution in [2.24, 2.45) is 28.3 Å². The Morgan fingerprint density at radius 2 is 2.00 bits per heavy atom. The van der Waals surface area contributed by atoms with Crippen molar-refractivity contribution in [3.8, 4) is 0 Å². The highest BCUT2D eigenvalue weighted by molar-refractivity contribution is 6.40. The van der Waals surface area contributed by atoms with Crippen LogP contribution < -0.4 is 5.32 Å². The lowest BCUT2D eigenvalue weighted by Gasteiger charge is -2.28. The minimum atomic E-state index is 0.0563. The summed E-state index contributed by atoms with van der Waals surface area (Å²) in [5, 5.41) is 10.4. The first-order valence-corrected chi connectivity index (χ1v) is 11.1. The van der Waals surface area contributed by atoms with Crippen LogP contribution in [0, 0.1) is 23.2 Å². The number of rotatable bonds is 6. The Balaban J connectivity index is 1.51. The van der Waals surface area contributed by atoms with Gasteiger partial charge in [0, 0.05) is 18.5 Å². The third-order valence-electron chi connectivity index (χ3n) is 7.75. The number of carbonyl (C=O) groups is 1. The molecule has 0 aromatic heterocycles. The van der Waals surface area contributed by atoms with E-state index in [0.717, 1.165) is 31.7 Å². The van der Waals surface area contributed by atoms with Crippen molar-refractivity contribution < 1.29 is 4.79 Å². The van der Waals surface area contributed by atoms with Gasteiger partial charge in [0.25, 0.3) is 5.91 Å². The summed E-state index contributed by atoms with van der Waals surface area (Å²) in [6.07, 6.45) is 5.92. The monoisotopic (exact) mass is 381 g/mol. The molecule has 1 aromatic rings. The highest BCUT2D eigenvalue weighted by Crippen LogP contribution is 2.57. The number of hydrogen-bond donors (Lipinski definition) is 1. The molecular weight excluding hydrogens is 346 g/mol. The fourth-order valence-electron chi connectivity index (χ4n) is 6.01. The molecule has 2 aliphatic carbocycles. The van der Waals surface area contributed by atoms with Gasteiger partial charge in [-0.3, -0.25) is 9.80 Å². The number of amides is 1. The molecule has 4 heteroatoms. The zero-order valence-corrected chi connectivity index (χ0v) is 17.8. The number of carbonyl (C=O) groups excluding carboxylic acids is 1. The molecule has 5 atom stereocenters. The van der Waals surface area contributed by atoms with Crippen LogP contribution in [-0.2, 0) is 4.79 Å². The van der Waals surface area contributed by atoms with Crippen molar-refractivity contribution in [1.82, 2.24) is 10.3 Å². The highest BCUT2D eigenvalue weighted by Gasteiger charge is 2.54. The van der Waals surface area contributed by atoms with Crippen molar-refractivity contribution >= 4 is 11.6 Å². The van der Waals surface area contributed by atoms with Crippen LogP contribution in [-0.4, -0.2) is 29.2 Å². The molecule has 1 heterocycles. The summed E-state index contributed by atoms with van der Waals surface area (Å²) in [5.74, 6) is 1.52. The number of hydrazone groups is 1. The number of nitrogens with zero attached hydrogens (tertiary/aromatic N) is 2. The van der Waals surface area contributed by atoms with E-state index in [1.165, 1.54) is 18.4 Å². The molecule has 2 fully saturated rings. The lowest BCUT2D eigenvalue weighted by molar-refractivity contribution is -0.116. The lowest BCUT2D eigenvalue weighted by Crippen LogP contribution is -2.44. The molecule has 1 aliphatic heterocycles. The molecule has 0 spiro atoms. The summed E-state index contributed by atoms with van der Waals surface area (Å²) in [6.45, 7) is 10.0. The van der Waals surface area contributed by atoms with Gasteiger partial charge in [-0.2, -0.15) is 5.10 Å². The van der Waals surface area contributed by atoms with Gasteiger partial charge in [0.1, 0.15) is 5.71 Å². The van der Waals surface area contributed by atoms with Gasteiger partial charge < -0.3 is 5.32 Å². The van der Waals surface area contributed by atoms with Crippen LogP contribution in [0.3, 0.4) is 0 Å². The van der Waals surface area contributed by atoms with E-state index in [9.17, 15) is 4.79 Å². The fraction of sp³-hybridized carbons (Fsp3) is 0.667. The Morgan fingerprint density at radius 1 is 1.25 bits per heavy atom. The van der Waals surface area contributed by atoms with E-state index in [2.05, 4.69) is 62.3 Å². The molecule has 1 N–H and O–H groups in total. The second kappa shape index (κ2) is 7.53. The van der Waals surface area contributed by atoms with Gasteiger partial charge in [-0.25, -0.2) is 0 Å². The van der Waals surface area contributed by atoms with Crippen LogP contribution in [0.15, 0.2) is 35.4 Å². The number of unbranched alkanes of at least 4 members (excludes halogenated alkanes) is 1. The second-order valence-corrected chi connectivity index (χ2v) is 9.66. The molecule has 28 heavy (non-hydrogen) atoms. The van der Waals surface area contributed by atoms with Crippen molar-refractivity contribution in [3.63, 3.8) is 0 Å². The van der Waals surface area contributed by atoms with E-state index in [1.54, 1.807) is 0 Å². The van der Waals surface area contributed by atoms with E-state index in [4.69, 9.17) is 5.10 Å². The van der Waals surface area contributed by atoms with E-state index in [0.29, 0.717) is 23.1 Å². The second-order valence-electron chi connectivity index (χ2n) is 9.66. The van der Waals surface area contributed by atoms with Crippen molar-refractivity contribution in [3.05, 3.63) is 35.9 Å². The Kier molecular flexibility index (Phi) is 5.24. The number of benzene rings is 1. The topological polar surface area (TPSA) is 44.7 Å². The van der Waals surface area contributed by atoms with Gasteiger partial charge in [-0.05, 0) is 48.5 Å². The molecule has 2 unspecified atom stereocenters. The molecule has 4 rings (SSSR count). The average Bonchev–Trinajstić information content (AvgIpc) is 3.25. The molecule has 1 amide bonds. The lowest BCUT2D eigenvalue weighted by atomic mass is 9.81. The van der Waals surface area contributed by atoms with Gasteiger partial charge in [0.15, 0.2) is 0 Å². The molecule has 3 aliphatic rings. The van der Waals surface area contributed by atoms with E-state index < -0.39 is 0 Å². The zero-order chi connectivity index (χ0) is 19.9. The van der Waals surface area contributed by atoms with Gasteiger partial charge in [-0.1, -0.05) is 64.4 Å². The maximum atomic E-state index is 13.2. The minimum Gasteiger partial charge on any atom is -0.348 e. The van der Waals surface area contributed by atoms with Crippen molar-refractivity contribution in [1.29, 1.82) is 0 Å². The minimum absolute atomic E-state index is 0.0563. The molecule has 2 bridgehead atoms. The number of hydrogen-bond acceptors (Lipinski definition) is 3. The summed E-state index contributed by atoms with van der Waals surface area (Å²) in [7, 11) is 0. The van der Waals surface area contributed by atoms with Gasteiger partial charge in [0.2, 0.25) is 0 Å². The van der Waals surface area contributed by atoms with Crippen LogP contribution in [0.1, 0.15) is 71.4 Å². The zero-order valence-electron chi connectivity index (χ0n) is 17.8. The van der Waals surface area contributed by atoms with E-state index in [1.807, 2.05) is 6.07 Å². The average molecular weight is 382 g/mol. The molecule has 0 saturated heterocycles. The van der Waals surface area contributed by atoms with Crippen molar-refractivity contribution in [2.75, 3.05) is 6.54 Å². The maximum absolute atomic E-state index is 13.2. The third-order valence-corrected chi connectivity index (χ3v) is 7.75. The smallest absolute Gasteiger partial charge is 0.268 e. The Hall–Kier alpha value is -1.84.